The molecular formula is C11H16N4O3. The minimum atomic E-state index is -0.968. The molecule has 1 saturated carbocycles. The largest absolute Gasteiger partial charge is 0.480 e. The summed E-state index contributed by atoms with van der Waals surface area (Å²) in [4.78, 5) is 27.9. The molecule has 0 spiro atoms. The van der Waals surface area contributed by atoms with Gasteiger partial charge in [-0.3, -0.25) is 14.3 Å². The molecule has 7 heteroatoms. The van der Waals surface area contributed by atoms with Crippen molar-refractivity contribution < 1.29 is 14.7 Å². The van der Waals surface area contributed by atoms with Crippen LogP contribution in [0.3, 0.4) is 0 Å². The highest BCUT2D eigenvalue weighted by molar-refractivity contribution is 5.81. The van der Waals surface area contributed by atoms with Crippen LogP contribution in [0.25, 0.3) is 0 Å². The second-order valence-electron chi connectivity index (χ2n) is 4.52. The summed E-state index contributed by atoms with van der Waals surface area (Å²) in [7, 11) is 0. The first-order valence-corrected chi connectivity index (χ1v) is 5.97. The van der Waals surface area contributed by atoms with E-state index in [4.69, 9.17) is 5.11 Å². The van der Waals surface area contributed by atoms with Crippen LogP contribution < -0.4 is 0 Å². The number of carboxylic acid groups (broad SMARTS) is 1. The molecule has 0 atom stereocenters. The fourth-order valence-corrected chi connectivity index (χ4v) is 1.75. The van der Waals surface area contributed by atoms with Crippen LogP contribution in [0.5, 0.6) is 0 Å². The minimum Gasteiger partial charge on any atom is -0.480 e. The van der Waals surface area contributed by atoms with Gasteiger partial charge in [0.25, 0.3) is 0 Å². The lowest BCUT2D eigenvalue weighted by Gasteiger charge is -2.20. The van der Waals surface area contributed by atoms with Gasteiger partial charge < -0.3 is 10.0 Å². The minimum absolute atomic E-state index is 0.139. The molecule has 1 amide bonds. The molecule has 1 N–H and O–H groups in total. The first-order valence-electron chi connectivity index (χ1n) is 5.97. The number of hydrogen-bond donors (Lipinski definition) is 1. The second kappa shape index (κ2) is 5.61. The van der Waals surface area contributed by atoms with Crippen LogP contribution in [0, 0.1) is 5.92 Å². The molecular weight excluding hydrogens is 236 g/mol. The Labute approximate surface area is 104 Å². The molecule has 0 aromatic carbocycles. The van der Waals surface area contributed by atoms with Crippen LogP contribution in [-0.4, -0.2) is 49.7 Å². The molecule has 1 fully saturated rings. The summed E-state index contributed by atoms with van der Waals surface area (Å²) in [6, 6.07) is 0. The number of carbonyl (C=O) groups excluding carboxylic acids is 1. The van der Waals surface area contributed by atoms with E-state index >= 15 is 0 Å². The molecule has 1 aliphatic rings. The Morgan fingerprint density at radius 3 is 2.78 bits per heavy atom. The first-order chi connectivity index (χ1) is 8.65. The van der Waals surface area contributed by atoms with Crippen LogP contribution in [0.4, 0.5) is 0 Å². The van der Waals surface area contributed by atoms with Gasteiger partial charge in [-0.05, 0) is 18.8 Å². The zero-order chi connectivity index (χ0) is 13.0. The van der Waals surface area contributed by atoms with Crippen LogP contribution in [0.1, 0.15) is 19.3 Å². The lowest BCUT2D eigenvalue weighted by atomic mass is 10.3. The van der Waals surface area contributed by atoms with Gasteiger partial charge >= 0.3 is 5.97 Å². The predicted octanol–water partition coefficient (Wildman–Crippen LogP) is -0.00860. The van der Waals surface area contributed by atoms with Gasteiger partial charge in [-0.1, -0.05) is 0 Å². The first kappa shape index (κ1) is 12.5. The zero-order valence-electron chi connectivity index (χ0n) is 10.0. The van der Waals surface area contributed by atoms with Gasteiger partial charge in [0.15, 0.2) is 0 Å². The maximum absolute atomic E-state index is 11.9. The maximum atomic E-state index is 11.9. The van der Waals surface area contributed by atoms with E-state index in [0.29, 0.717) is 19.0 Å². The monoisotopic (exact) mass is 252 g/mol. The highest BCUT2D eigenvalue weighted by atomic mass is 16.4. The third-order valence-electron chi connectivity index (χ3n) is 2.88. The van der Waals surface area contributed by atoms with E-state index in [-0.39, 0.29) is 18.9 Å². The van der Waals surface area contributed by atoms with Crippen LogP contribution in [-0.2, 0) is 16.1 Å². The van der Waals surface area contributed by atoms with E-state index in [2.05, 4.69) is 10.1 Å². The van der Waals surface area contributed by atoms with Crippen molar-refractivity contribution in [1.82, 2.24) is 19.7 Å². The van der Waals surface area contributed by atoms with E-state index in [1.807, 2.05) is 0 Å². The SMILES string of the molecule is O=C(O)CN(CC1CC1)C(=O)CCn1cncn1. The van der Waals surface area contributed by atoms with Crippen molar-refractivity contribution in [1.29, 1.82) is 0 Å². The normalized spacial score (nSPS) is 14.4. The summed E-state index contributed by atoms with van der Waals surface area (Å²) in [6.45, 7) is 0.773. The fraction of sp³-hybridized carbons (Fsp3) is 0.636. The van der Waals surface area contributed by atoms with E-state index in [0.717, 1.165) is 12.8 Å². The zero-order valence-corrected chi connectivity index (χ0v) is 10.0. The lowest BCUT2D eigenvalue weighted by Crippen LogP contribution is -2.37. The van der Waals surface area contributed by atoms with Crippen LogP contribution >= 0.6 is 0 Å². The Morgan fingerprint density at radius 2 is 2.22 bits per heavy atom. The number of nitrogens with zero attached hydrogens (tertiary/aromatic N) is 4. The van der Waals surface area contributed by atoms with Crippen molar-refractivity contribution in [3.05, 3.63) is 12.7 Å². The highest BCUT2D eigenvalue weighted by Crippen LogP contribution is 2.29. The molecule has 1 aromatic rings. The number of hydrogen-bond acceptors (Lipinski definition) is 4. The fourth-order valence-electron chi connectivity index (χ4n) is 1.75. The van der Waals surface area contributed by atoms with Crippen molar-refractivity contribution in [2.45, 2.75) is 25.8 Å². The summed E-state index contributed by atoms with van der Waals surface area (Å²) in [5, 5.41) is 12.7. The Kier molecular flexibility index (Phi) is 3.91. The maximum Gasteiger partial charge on any atom is 0.323 e. The molecule has 0 unspecified atom stereocenters. The van der Waals surface area contributed by atoms with Gasteiger partial charge in [0.1, 0.15) is 19.2 Å². The third-order valence-corrected chi connectivity index (χ3v) is 2.88. The summed E-state index contributed by atoms with van der Waals surface area (Å²) in [6.07, 6.45) is 5.38. The van der Waals surface area contributed by atoms with Gasteiger partial charge in [0.2, 0.25) is 5.91 Å². The summed E-state index contributed by atoms with van der Waals surface area (Å²) >= 11 is 0. The molecule has 7 nitrogen and oxygen atoms in total. The van der Waals surface area contributed by atoms with E-state index in [1.54, 1.807) is 4.68 Å². The molecule has 98 valence electrons. The molecule has 1 heterocycles. The smallest absolute Gasteiger partial charge is 0.323 e. The van der Waals surface area contributed by atoms with Crippen molar-refractivity contribution in [3.63, 3.8) is 0 Å². The van der Waals surface area contributed by atoms with Gasteiger partial charge in [-0.2, -0.15) is 5.10 Å². The topological polar surface area (TPSA) is 88.3 Å². The number of aliphatic carboxylic acids is 1. The van der Waals surface area contributed by atoms with E-state index in [9.17, 15) is 9.59 Å². The molecule has 0 aliphatic heterocycles. The van der Waals surface area contributed by atoms with Crippen molar-refractivity contribution in [2.24, 2.45) is 5.92 Å². The molecule has 0 saturated heterocycles. The van der Waals surface area contributed by atoms with Crippen molar-refractivity contribution >= 4 is 11.9 Å². The summed E-state index contributed by atoms with van der Waals surface area (Å²) < 4.78 is 1.56. The predicted molar refractivity (Wildman–Crippen MR) is 61.6 cm³/mol. The number of aryl methyl sites for hydroxylation is 1. The van der Waals surface area contributed by atoms with Gasteiger partial charge in [-0.25, -0.2) is 4.98 Å². The van der Waals surface area contributed by atoms with Crippen molar-refractivity contribution in [2.75, 3.05) is 13.1 Å². The van der Waals surface area contributed by atoms with E-state index < -0.39 is 5.97 Å². The third kappa shape index (κ3) is 3.83. The molecule has 0 bridgehead atoms. The number of carboxylic acids is 1. The van der Waals surface area contributed by atoms with E-state index in [1.165, 1.54) is 17.6 Å². The average Bonchev–Trinajstić information content (AvgIpc) is 2.98. The highest BCUT2D eigenvalue weighted by Gasteiger charge is 2.27. The number of aromatic nitrogens is 3. The van der Waals surface area contributed by atoms with Gasteiger partial charge in [0.05, 0.1) is 6.54 Å². The standard InChI is InChI=1S/C11H16N4O3/c16-10(3-4-15-8-12-7-13-15)14(6-11(17)18)5-9-1-2-9/h7-9H,1-6H2,(H,17,18). The number of rotatable bonds is 7. The lowest BCUT2D eigenvalue weighted by molar-refractivity contribution is -0.144. The van der Waals surface area contributed by atoms with Gasteiger partial charge in [-0.15, -0.1) is 0 Å². The molecule has 2 rings (SSSR count). The Balaban J connectivity index is 1.83. The molecule has 1 aliphatic carbocycles. The molecule has 18 heavy (non-hydrogen) atoms. The van der Waals surface area contributed by atoms with Gasteiger partial charge in [0, 0.05) is 13.0 Å². The molecule has 1 aromatic heterocycles. The Bertz CT molecular complexity index is 414. The van der Waals surface area contributed by atoms with Crippen molar-refractivity contribution in [3.8, 4) is 0 Å². The Hall–Kier alpha value is -1.92. The average molecular weight is 252 g/mol. The van der Waals surface area contributed by atoms with Crippen LogP contribution in [0.2, 0.25) is 0 Å². The number of amides is 1. The Morgan fingerprint density at radius 1 is 1.44 bits per heavy atom. The molecule has 0 radical (unpaired) electrons. The quantitative estimate of drug-likeness (QED) is 0.737. The summed E-state index contributed by atoms with van der Waals surface area (Å²) in [5.41, 5.74) is 0. The summed E-state index contributed by atoms with van der Waals surface area (Å²) in [5.74, 6) is -0.621. The van der Waals surface area contributed by atoms with Crippen LogP contribution in [0.15, 0.2) is 12.7 Å². The number of carbonyl (C=O) groups is 2. The second-order valence-corrected chi connectivity index (χ2v) is 4.52.